The van der Waals surface area contributed by atoms with Crippen molar-refractivity contribution in [1.29, 1.82) is 0 Å². The van der Waals surface area contributed by atoms with Crippen molar-refractivity contribution < 1.29 is 4.79 Å². The maximum absolute atomic E-state index is 12.2. The molecule has 5 heterocycles. The molecule has 1 unspecified atom stereocenters. The Balaban J connectivity index is 1.72. The number of aromatic nitrogens is 2. The molecular weight excluding hydrogens is 360 g/mol. The highest BCUT2D eigenvalue weighted by molar-refractivity contribution is 6.66. The summed E-state index contributed by atoms with van der Waals surface area (Å²) in [5.74, 6) is 0. The van der Waals surface area contributed by atoms with Crippen molar-refractivity contribution >= 4 is 40.8 Å². The lowest BCUT2D eigenvalue weighted by Crippen LogP contribution is -2.42. The highest BCUT2D eigenvalue weighted by Gasteiger charge is 2.36. The standard InChI is InChI=1S/C21H15ClN4O/c22-20(27)21-8-7-18(26-21)11-17-4-3-14(24-17)9-13-1-2-15(23-13)10-16-5-6-19(12-21)25-16/h1-12,23-24,26H/b13-9-,15-10-,18-11-,19-12-. The van der Waals surface area contributed by atoms with Gasteiger partial charge in [-0.3, -0.25) is 4.79 Å². The van der Waals surface area contributed by atoms with Gasteiger partial charge in [0.05, 0.1) is 11.4 Å². The van der Waals surface area contributed by atoms with Gasteiger partial charge in [0.2, 0.25) is 0 Å². The van der Waals surface area contributed by atoms with E-state index < -0.39 is 10.8 Å². The van der Waals surface area contributed by atoms with E-state index in [4.69, 9.17) is 11.6 Å². The number of aliphatic imine (C=N–C) groups is 1. The van der Waals surface area contributed by atoms with Crippen molar-refractivity contribution in [3.63, 3.8) is 0 Å². The number of H-pyrrole nitrogens is 2. The molecule has 27 heavy (non-hydrogen) atoms. The van der Waals surface area contributed by atoms with E-state index in [2.05, 4.69) is 20.3 Å². The predicted octanol–water partition coefficient (Wildman–Crippen LogP) is 1.86. The van der Waals surface area contributed by atoms with Gasteiger partial charge in [0.1, 0.15) is 0 Å². The third-order valence-electron chi connectivity index (χ3n) is 4.65. The smallest absolute Gasteiger partial charge is 0.255 e. The molecule has 0 radical (unpaired) electrons. The molecule has 3 aliphatic heterocycles. The van der Waals surface area contributed by atoms with E-state index in [1.54, 1.807) is 12.2 Å². The Kier molecular flexibility index (Phi) is 3.45. The van der Waals surface area contributed by atoms with Crippen LogP contribution in [0.5, 0.6) is 0 Å². The van der Waals surface area contributed by atoms with Gasteiger partial charge in [-0.2, -0.15) is 0 Å². The number of hydrogen-bond donors (Lipinski definition) is 3. The second-order valence-electron chi connectivity index (χ2n) is 6.67. The monoisotopic (exact) mass is 374 g/mol. The first kappa shape index (κ1) is 15.9. The molecule has 0 spiro atoms. The van der Waals surface area contributed by atoms with Gasteiger partial charge in [-0.05, 0) is 84.5 Å². The molecule has 6 heteroatoms. The number of carbonyl (C=O) groups is 1. The molecule has 3 aliphatic rings. The fourth-order valence-corrected chi connectivity index (χ4v) is 3.53. The Hall–Kier alpha value is -3.31. The average Bonchev–Trinajstić information content (AvgIpc) is 3.39. The molecule has 0 fully saturated rings. The number of aromatic amines is 2. The summed E-state index contributed by atoms with van der Waals surface area (Å²) in [6, 6.07) is 8.01. The number of rotatable bonds is 1. The summed E-state index contributed by atoms with van der Waals surface area (Å²) in [7, 11) is 0. The molecule has 0 saturated heterocycles. The Morgan fingerprint density at radius 1 is 0.926 bits per heavy atom. The first-order chi connectivity index (χ1) is 13.1. The summed E-state index contributed by atoms with van der Waals surface area (Å²) in [5.41, 5.74) is 3.07. The second kappa shape index (κ2) is 5.86. The van der Waals surface area contributed by atoms with E-state index in [0.29, 0.717) is 5.70 Å². The number of hydrogen-bond acceptors (Lipinski definition) is 3. The maximum Gasteiger partial charge on any atom is 0.255 e. The topological polar surface area (TPSA) is 73.0 Å². The molecule has 5 rings (SSSR count). The van der Waals surface area contributed by atoms with Crippen molar-refractivity contribution in [3.05, 3.63) is 88.1 Å². The molecule has 132 valence electrons. The minimum absolute atomic E-state index is 0.508. The third-order valence-corrected chi connectivity index (χ3v) is 4.96. The molecule has 0 aliphatic carbocycles. The molecule has 2 aromatic rings. The Morgan fingerprint density at radius 2 is 1.70 bits per heavy atom. The van der Waals surface area contributed by atoms with E-state index >= 15 is 0 Å². The minimum Gasteiger partial charge on any atom is -0.365 e. The molecule has 1 atom stereocenters. The number of nitrogens with one attached hydrogen (secondary N) is 3. The van der Waals surface area contributed by atoms with Crippen molar-refractivity contribution in [3.8, 4) is 0 Å². The van der Waals surface area contributed by atoms with Crippen LogP contribution in [0.15, 0.2) is 71.0 Å². The van der Waals surface area contributed by atoms with E-state index in [0.717, 1.165) is 33.5 Å². The zero-order valence-corrected chi connectivity index (χ0v) is 14.9. The molecule has 2 aromatic heterocycles. The van der Waals surface area contributed by atoms with Crippen molar-refractivity contribution in [2.45, 2.75) is 5.54 Å². The van der Waals surface area contributed by atoms with Gasteiger partial charge in [-0.15, -0.1) is 0 Å². The minimum atomic E-state index is -1.11. The van der Waals surface area contributed by atoms with Gasteiger partial charge in [-0.1, -0.05) is 0 Å². The van der Waals surface area contributed by atoms with Crippen LogP contribution in [0.3, 0.4) is 0 Å². The van der Waals surface area contributed by atoms with Crippen LogP contribution in [0.2, 0.25) is 0 Å². The van der Waals surface area contributed by atoms with Gasteiger partial charge < -0.3 is 15.3 Å². The van der Waals surface area contributed by atoms with Gasteiger partial charge in [0.15, 0.2) is 5.54 Å². The van der Waals surface area contributed by atoms with Crippen molar-refractivity contribution in [1.82, 2.24) is 15.3 Å². The van der Waals surface area contributed by atoms with Crippen molar-refractivity contribution in [2.75, 3.05) is 0 Å². The summed E-state index contributed by atoms with van der Waals surface area (Å²) in [6.07, 6.45) is 15.1. The fraction of sp³-hybridized carbons (Fsp3) is 0.0476. The normalized spacial score (nSPS) is 28.7. The Labute approximate surface area is 159 Å². The van der Waals surface area contributed by atoms with E-state index in [1.807, 2.05) is 60.7 Å². The van der Waals surface area contributed by atoms with Crippen LogP contribution >= 0.6 is 11.6 Å². The van der Waals surface area contributed by atoms with Crippen LogP contribution in [0.1, 0.15) is 11.4 Å². The van der Waals surface area contributed by atoms with E-state index in [-0.39, 0.29) is 0 Å². The molecule has 8 bridgehead atoms. The van der Waals surface area contributed by atoms with Gasteiger partial charge in [0.25, 0.3) is 5.24 Å². The molecular formula is C21H15ClN4O. The van der Waals surface area contributed by atoms with Gasteiger partial charge in [0, 0.05) is 27.8 Å². The predicted molar refractivity (Wildman–Crippen MR) is 107 cm³/mol. The van der Waals surface area contributed by atoms with Crippen LogP contribution in [0.25, 0.3) is 18.2 Å². The third kappa shape index (κ3) is 2.92. The van der Waals surface area contributed by atoms with Crippen molar-refractivity contribution in [2.24, 2.45) is 4.99 Å². The lowest BCUT2D eigenvalue weighted by atomic mass is 10.0. The summed E-state index contributed by atoms with van der Waals surface area (Å²) in [6.45, 7) is 0. The fourth-order valence-electron chi connectivity index (χ4n) is 3.36. The molecule has 0 aromatic carbocycles. The van der Waals surface area contributed by atoms with Crippen LogP contribution in [-0.4, -0.2) is 26.5 Å². The highest BCUT2D eigenvalue weighted by atomic mass is 35.5. The number of fused-ring (bicyclic) bond motifs is 7. The van der Waals surface area contributed by atoms with Crippen LogP contribution in [-0.2, 0) is 4.79 Å². The Bertz CT molecular complexity index is 1240. The molecule has 0 saturated carbocycles. The number of nitrogens with zero attached hydrogens (tertiary/aromatic N) is 1. The number of carbonyl (C=O) groups excluding carboxylic acids is 1. The van der Waals surface area contributed by atoms with Gasteiger partial charge in [-0.25, -0.2) is 4.99 Å². The maximum atomic E-state index is 12.2. The average molecular weight is 375 g/mol. The SMILES string of the molecule is O=C(Cl)C12C=C/C(=C/c3ccc([nH]3)/C=c3/cc/c([nH]3)=C/C3=NC(=C\1)/C=C3)N2. The molecule has 3 N–H and O–H groups in total. The van der Waals surface area contributed by atoms with Crippen LogP contribution in [0, 0.1) is 0 Å². The zero-order valence-electron chi connectivity index (χ0n) is 14.2. The first-order valence-corrected chi connectivity index (χ1v) is 8.92. The van der Waals surface area contributed by atoms with Gasteiger partial charge >= 0.3 is 0 Å². The van der Waals surface area contributed by atoms with Crippen LogP contribution in [0.4, 0.5) is 0 Å². The summed E-state index contributed by atoms with van der Waals surface area (Å²) in [5, 5.41) is 4.65. The van der Waals surface area contributed by atoms with Crippen LogP contribution < -0.4 is 16.0 Å². The lowest BCUT2D eigenvalue weighted by molar-refractivity contribution is -0.114. The first-order valence-electron chi connectivity index (χ1n) is 8.54. The lowest BCUT2D eigenvalue weighted by Gasteiger charge is -2.21. The zero-order chi connectivity index (χ0) is 18.4. The largest absolute Gasteiger partial charge is 0.365 e. The highest BCUT2D eigenvalue weighted by Crippen LogP contribution is 2.27. The number of halogens is 1. The molecule has 0 amide bonds. The second-order valence-corrected chi connectivity index (χ2v) is 7.01. The van der Waals surface area contributed by atoms with E-state index in [9.17, 15) is 4.79 Å². The van der Waals surface area contributed by atoms with E-state index in [1.165, 1.54) is 0 Å². The quantitative estimate of drug-likeness (QED) is 0.667. The molecule has 5 nitrogen and oxygen atoms in total. The summed E-state index contributed by atoms with van der Waals surface area (Å²) >= 11 is 5.93. The number of allylic oxidation sites excluding steroid dienone is 3. The summed E-state index contributed by atoms with van der Waals surface area (Å²) < 4.78 is 0. The Morgan fingerprint density at radius 3 is 2.52 bits per heavy atom. The summed E-state index contributed by atoms with van der Waals surface area (Å²) in [4.78, 5) is 23.5.